The van der Waals surface area contributed by atoms with Crippen molar-refractivity contribution in [1.29, 1.82) is 0 Å². The molecule has 0 radical (unpaired) electrons. The number of aromatic nitrogens is 2. The normalized spacial score (nSPS) is 15.1. The third-order valence-corrected chi connectivity index (χ3v) is 5.77. The molecule has 0 spiro atoms. The number of hydrogen-bond donors (Lipinski definition) is 0. The number of esters is 1. The molecule has 1 aliphatic rings. The average molecular weight is 493 g/mol. The van der Waals surface area contributed by atoms with E-state index in [1.165, 1.54) is 12.1 Å². The van der Waals surface area contributed by atoms with E-state index < -0.39 is 18.2 Å². The quantitative estimate of drug-likeness (QED) is 0.382. The van der Waals surface area contributed by atoms with E-state index in [4.69, 9.17) is 34.8 Å². The number of carbonyl (C=O) groups excluding carboxylic acids is 1. The van der Waals surface area contributed by atoms with Crippen molar-refractivity contribution in [3.8, 4) is 0 Å². The number of alkyl halides is 3. The Morgan fingerprint density at radius 1 is 1.13 bits per heavy atom. The van der Waals surface area contributed by atoms with Gasteiger partial charge in [-0.25, -0.2) is 4.98 Å². The summed E-state index contributed by atoms with van der Waals surface area (Å²) in [5.41, 5.74) is 0.741. The Hall–Kier alpha value is -2.16. The minimum Gasteiger partial charge on any atom is -0.448 e. The van der Waals surface area contributed by atoms with Crippen LogP contribution in [0.1, 0.15) is 25.0 Å². The third kappa shape index (κ3) is 4.04. The first-order valence-corrected chi connectivity index (χ1v) is 10.4. The number of aryl methyl sites for hydroxylation is 1. The van der Waals surface area contributed by atoms with Crippen LogP contribution in [0.15, 0.2) is 30.3 Å². The lowest BCUT2D eigenvalue weighted by Crippen LogP contribution is -2.29. The van der Waals surface area contributed by atoms with E-state index in [0.29, 0.717) is 41.2 Å². The molecule has 1 atom stereocenters. The SMILES string of the molecule is CC(=O)OC(c1ccc(Cl)c2nc3n(c12)CCCN3c1ccc(Cl)cc1Cl)C(F)(F)F. The Balaban J connectivity index is 1.95. The van der Waals surface area contributed by atoms with Gasteiger partial charge in [0, 0.05) is 30.6 Å². The minimum atomic E-state index is -4.81. The number of rotatable bonds is 3. The molecule has 11 heteroatoms. The number of ether oxygens (including phenoxy) is 1. The second-order valence-corrected chi connectivity index (χ2v) is 8.28. The fourth-order valence-corrected chi connectivity index (χ4v) is 4.44. The number of anilines is 2. The fourth-order valence-electron chi connectivity index (χ4n) is 3.74. The van der Waals surface area contributed by atoms with Gasteiger partial charge in [0.1, 0.15) is 5.52 Å². The number of carbonyl (C=O) groups is 1. The molecule has 4 rings (SSSR count). The molecule has 3 aromatic rings. The summed E-state index contributed by atoms with van der Waals surface area (Å²) >= 11 is 18.6. The molecule has 0 saturated carbocycles. The molecule has 1 aromatic heterocycles. The van der Waals surface area contributed by atoms with Gasteiger partial charge in [-0.1, -0.05) is 40.9 Å². The standard InChI is InChI=1S/C20H15Cl3F3N3O2/c1-10(30)31-18(20(24,25)26)12-4-5-13(22)16-17(12)29-8-2-7-28(19(29)27-16)15-6-3-11(21)9-14(15)23/h3-6,9,18H,2,7-8H2,1H3. The zero-order valence-electron chi connectivity index (χ0n) is 16.0. The van der Waals surface area contributed by atoms with Gasteiger partial charge in [-0.05, 0) is 30.7 Å². The first-order chi connectivity index (χ1) is 14.6. The molecular weight excluding hydrogens is 478 g/mol. The van der Waals surface area contributed by atoms with Gasteiger partial charge in [0.2, 0.25) is 12.1 Å². The number of nitrogens with zero attached hydrogens (tertiary/aromatic N) is 3. The number of hydrogen-bond acceptors (Lipinski definition) is 4. The Bertz CT molecular complexity index is 1180. The van der Waals surface area contributed by atoms with Gasteiger partial charge in [0.05, 0.1) is 21.2 Å². The van der Waals surface area contributed by atoms with Crippen molar-refractivity contribution in [2.45, 2.75) is 32.2 Å². The monoisotopic (exact) mass is 491 g/mol. The van der Waals surface area contributed by atoms with Crippen molar-refractivity contribution in [2.75, 3.05) is 11.4 Å². The van der Waals surface area contributed by atoms with Crippen LogP contribution in [0.5, 0.6) is 0 Å². The lowest BCUT2D eigenvalue weighted by Gasteiger charge is -2.30. The summed E-state index contributed by atoms with van der Waals surface area (Å²) in [5.74, 6) is -0.651. The van der Waals surface area contributed by atoms with E-state index in [0.717, 1.165) is 6.92 Å². The summed E-state index contributed by atoms with van der Waals surface area (Å²) in [6, 6.07) is 7.51. The maximum atomic E-state index is 13.8. The Morgan fingerprint density at radius 2 is 1.87 bits per heavy atom. The van der Waals surface area contributed by atoms with Crippen LogP contribution in [-0.2, 0) is 16.1 Å². The van der Waals surface area contributed by atoms with Crippen LogP contribution in [0.2, 0.25) is 15.1 Å². The van der Waals surface area contributed by atoms with Gasteiger partial charge < -0.3 is 14.2 Å². The molecule has 0 bridgehead atoms. The van der Waals surface area contributed by atoms with E-state index in [2.05, 4.69) is 9.72 Å². The van der Waals surface area contributed by atoms with Crippen molar-refractivity contribution in [2.24, 2.45) is 0 Å². The van der Waals surface area contributed by atoms with Crippen molar-refractivity contribution in [3.63, 3.8) is 0 Å². The molecule has 1 unspecified atom stereocenters. The second kappa shape index (κ2) is 8.07. The average Bonchev–Trinajstić information content (AvgIpc) is 3.07. The molecule has 2 aromatic carbocycles. The van der Waals surface area contributed by atoms with Gasteiger partial charge in [-0.2, -0.15) is 13.2 Å². The largest absolute Gasteiger partial charge is 0.448 e. The molecule has 31 heavy (non-hydrogen) atoms. The Morgan fingerprint density at radius 3 is 2.52 bits per heavy atom. The topological polar surface area (TPSA) is 47.4 Å². The fraction of sp³-hybridized carbons (Fsp3) is 0.300. The molecule has 1 aliphatic heterocycles. The van der Waals surface area contributed by atoms with Gasteiger partial charge in [0.25, 0.3) is 0 Å². The van der Waals surface area contributed by atoms with E-state index in [-0.39, 0.29) is 21.6 Å². The molecular formula is C20H15Cl3F3N3O2. The highest BCUT2D eigenvalue weighted by Crippen LogP contribution is 2.44. The maximum Gasteiger partial charge on any atom is 0.429 e. The van der Waals surface area contributed by atoms with Crippen LogP contribution in [0.3, 0.4) is 0 Å². The van der Waals surface area contributed by atoms with Crippen LogP contribution >= 0.6 is 34.8 Å². The van der Waals surface area contributed by atoms with Gasteiger partial charge in [0.15, 0.2) is 0 Å². The third-order valence-electron chi connectivity index (χ3n) is 4.93. The van der Waals surface area contributed by atoms with Crippen molar-refractivity contribution in [3.05, 3.63) is 51.0 Å². The number of imidazole rings is 1. The number of benzene rings is 2. The highest BCUT2D eigenvalue weighted by molar-refractivity contribution is 6.36. The van der Waals surface area contributed by atoms with Crippen LogP contribution in [0.25, 0.3) is 11.0 Å². The molecule has 0 aliphatic carbocycles. The van der Waals surface area contributed by atoms with Crippen LogP contribution in [-0.4, -0.2) is 28.2 Å². The molecule has 0 fully saturated rings. The molecule has 5 nitrogen and oxygen atoms in total. The highest BCUT2D eigenvalue weighted by Gasteiger charge is 2.45. The highest BCUT2D eigenvalue weighted by atomic mass is 35.5. The molecule has 0 saturated heterocycles. The first-order valence-electron chi connectivity index (χ1n) is 9.23. The van der Waals surface area contributed by atoms with E-state index in [1.807, 2.05) is 0 Å². The predicted octanol–water partition coefficient (Wildman–Crippen LogP) is 6.70. The van der Waals surface area contributed by atoms with Crippen molar-refractivity contribution < 1.29 is 22.7 Å². The maximum absolute atomic E-state index is 13.8. The van der Waals surface area contributed by atoms with Gasteiger partial charge in [-0.15, -0.1) is 0 Å². The first kappa shape index (κ1) is 22.0. The molecule has 164 valence electrons. The summed E-state index contributed by atoms with van der Waals surface area (Å²) in [5, 5.41) is 1.03. The summed E-state index contributed by atoms with van der Waals surface area (Å²) in [4.78, 5) is 17.7. The number of halogens is 6. The zero-order chi connectivity index (χ0) is 22.5. The lowest BCUT2D eigenvalue weighted by atomic mass is 10.1. The summed E-state index contributed by atoms with van der Waals surface area (Å²) < 4.78 is 47.7. The smallest absolute Gasteiger partial charge is 0.429 e. The predicted molar refractivity (Wildman–Crippen MR) is 113 cm³/mol. The minimum absolute atomic E-state index is 0.167. The van der Waals surface area contributed by atoms with Crippen molar-refractivity contribution >= 4 is 63.4 Å². The second-order valence-electron chi connectivity index (χ2n) is 7.03. The summed E-state index contributed by atoms with van der Waals surface area (Å²) in [6.07, 6.45) is -6.64. The van der Waals surface area contributed by atoms with E-state index in [9.17, 15) is 18.0 Å². The lowest BCUT2D eigenvalue weighted by molar-refractivity contribution is -0.222. The van der Waals surface area contributed by atoms with Crippen LogP contribution < -0.4 is 4.90 Å². The van der Waals surface area contributed by atoms with Gasteiger partial charge in [-0.3, -0.25) is 4.79 Å². The van der Waals surface area contributed by atoms with Crippen LogP contribution in [0, 0.1) is 0 Å². The van der Waals surface area contributed by atoms with Gasteiger partial charge >= 0.3 is 12.1 Å². The molecule has 2 heterocycles. The van der Waals surface area contributed by atoms with E-state index >= 15 is 0 Å². The summed E-state index contributed by atoms with van der Waals surface area (Å²) in [7, 11) is 0. The van der Waals surface area contributed by atoms with E-state index in [1.54, 1.807) is 27.7 Å². The molecule has 0 N–H and O–H groups in total. The molecule has 0 amide bonds. The van der Waals surface area contributed by atoms with Crippen LogP contribution in [0.4, 0.5) is 24.8 Å². The zero-order valence-corrected chi connectivity index (χ0v) is 18.3. The van der Waals surface area contributed by atoms with Crippen molar-refractivity contribution in [1.82, 2.24) is 9.55 Å². The number of fused-ring (bicyclic) bond motifs is 3. The summed E-state index contributed by atoms with van der Waals surface area (Å²) in [6.45, 7) is 1.89. The Labute approximate surface area is 190 Å². The Kier molecular flexibility index (Phi) is 5.74.